The zero-order valence-electron chi connectivity index (χ0n) is 10.8. The van der Waals surface area contributed by atoms with Crippen LogP contribution >= 0.6 is 0 Å². The number of benzene rings is 1. The summed E-state index contributed by atoms with van der Waals surface area (Å²) in [6, 6.07) is 8.50. The number of hydrogen-bond donors (Lipinski definition) is 1. The second-order valence-electron chi connectivity index (χ2n) is 5.47. The summed E-state index contributed by atoms with van der Waals surface area (Å²) in [5.74, 6) is 1.51. The highest BCUT2D eigenvalue weighted by Gasteiger charge is 2.35. The molecule has 2 fully saturated rings. The molecule has 5 nitrogen and oxygen atoms in total. The minimum Gasteiger partial charge on any atom is -0.338 e. The van der Waals surface area contributed by atoms with Gasteiger partial charge in [-0.05, 0) is 37.4 Å². The van der Waals surface area contributed by atoms with E-state index in [9.17, 15) is 0 Å². The number of para-hydroxylation sites is 1. The Bertz CT molecular complexity index is 585. The molecule has 0 spiro atoms. The van der Waals surface area contributed by atoms with Gasteiger partial charge >= 0.3 is 0 Å². The highest BCUT2D eigenvalue weighted by molar-refractivity contribution is 5.74. The number of nitrogens with one attached hydrogen (secondary N) is 1. The van der Waals surface area contributed by atoms with Crippen LogP contribution in [0.4, 0.5) is 5.95 Å². The van der Waals surface area contributed by atoms with Gasteiger partial charge in [0.25, 0.3) is 0 Å². The molecule has 0 unspecified atom stereocenters. The van der Waals surface area contributed by atoms with Crippen LogP contribution in [0.2, 0.25) is 0 Å². The fraction of sp³-hybridized carbons (Fsp3) is 0.500. The van der Waals surface area contributed by atoms with Crippen molar-refractivity contribution in [2.45, 2.75) is 18.9 Å². The highest BCUT2D eigenvalue weighted by atomic mass is 15.3. The predicted octanol–water partition coefficient (Wildman–Crippen LogP) is 1.21. The molecule has 0 saturated carbocycles. The molecule has 19 heavy (non-hydrogen) atoms. The second kappa shape index (κ2) is 4.42. The molecule has 2 saturated heterocycles. The van der Waals surface area contributed by atoms with Gasteiger partial charge < -0.3 is 10.2 Å². The van der Waals surface area contributed by atoms with Crippen LogP contribution in [0.25, 0.3) is 11.0 Å². The van der Waals surface area contributed by atoms with Crippen LogP contribution < -0.4 is 10.2 Å². The van der Waals surface area contributed by atoms with Gasteiger partial charge in [-0.1, -0.05) is 12.1 Å². The molecule has 2 aliphatic heterocycles. The van der Waals surface area contributed by atoms with Gasteiger partial charge in [-0.15, -0.1) is 10.2 Å². The number of aromatic nitrogens is 3. The van der Waals surface area contributed by atoms with Gasteiger partial charge in [0.1, 0.15) is 5.52 Å². The Hall–Kier alpha value is -1.75. The van der Waals surface area contributed by atoms with E-state index in [0.29, 0.717) is 6.04 Å². The molecule has 2 aromatic rings. The first-order valence-electron chi connectivity index (χ1n) is 6.98. The van der Waals surface area contributed by atoms with E-state index in [1.165, 1.54) is 12.8 Å². The average Bonchev–Trinajstić information content (AvgIpc) is 2.90. The summed E-state index contributed by atoms with van der Waals surface area (Å²) in [4.78, 5) is 6.91. The average molecular weight is 255 g/mol. The summed E-state index contributed by atoms with van der Waals surface area (Å²) in [7, 11) is 0. The lowest BCUT2D eigenvalue weighted by molar-refractivity contribution is 0.340. The van der Waals surface area contributed by atoms with Gasteiger partial charge in [0.15, 0.2) is 0 Å². The summed E-state index contributed by atoms with van der Waals surface area (Å²) in [5, 5.41) is 12.2. The third-order valence-corrected chi connectivity index (χ3v) is 4.23. The van der Waals surface area contributed by atoms with Crippen LogP contribution in [0.5, 0.6) is 0 Å². The fourth-order valence-electron chi connectivity index (χ4n) is 3.22. The maximum atomic E-state index is 4.64. The number of rotatable bonds is 1. The Labute approximate surface area is 112 Å². The van der Waals surface area contributed by atoms with Gasteiger partial charge in [0.2, 0.25) is 5.95 Å². The summed E-state index contributed by atoms with van der Waals surface area (Å²) < 4.78 is 0. The summed E-state index contributed by atoms with van der Waals surface area (Å²) in [6.45, 7) is 3.20. The number of anilines is 1. The zero-order chi connectivity index (χ0) is 12.7. The van der Waals surface area contributed by atoms with E-state index in [1.807, 2.05) is 24.3 Å². The molecule has 2 atom stereocenters. The van der Waals surface area contributed by atoms with E-state index < -0.39 is 0 Å². The van der Waals surface area contributed by atoms with Gasteiger partial charge in [0, 0.05) is 19.1 Å². The largest absolute Gasteiger partial charge is 0.338 e. The van der Waals surface area contributed by atoms with E-state index in [0.717, 1.165) is 42.5 Å². The van der Waals surface area contributed by atoms with Gasteiger partial charge in [-0.2, -0.15) is 0 Å². The van der Waals surface area contributed by atoms with Crippen LogP contribution in [0, 0.1) is 5.92 Å². The number of nitrogens with zero attached hydrogens (tertiary/aromatic N) is 4. The molecule has 5 heteroatoms. The minimum atomic E-state index is 0.601. The predicted molar refractivity (Wildman–Crippen MR) is 74.1 cm³/mol. The van der Waals surface area contributed by atoms with E-state index in [1.54, 1.807) is 0 Å². The van der Waals surface area contributed by atoms with E-state index >= 15 is 0 Å². The molecule has 4 rings (SSSR count). The van der Waals surface area contributed by atoms with Crippen molar-refractivity contribution in [3.8, 4) is 0 Å². The Balaban J connectivity index is 1.64. The quantitative estimate of drug-likeness (QED) is 0.830. The van der Waals surface area contributed by atoms with Gasteiger partial charge in [0.05, 0.1) is 5.52 Å². The normalized spacial score (nSPS) is 26.6. The van der Waals surface area contributed by atoms with Gasteiger partial charge in [-0.3, -0.25) is 0 Å². The van der Waals surface area contributed by atoms with Crippen molar-refractivity contribution >= 4 is 17.0 Å². The lowest BCUT2D eigenvalue weighted by Crippen LogP contribution is -2.40. The van der Waals surface area contributed by atoms with Gasteiger partial charge in [-0.25, -0.2) is 4.98 Å². The first-order valence-corrected chi connectivity index (χ1v) is 6.98. The van der Waals surface area contributed by atoms with Crippen LogP contribution in [0.15, 0.2) is 24.3 Å². The molecular formula is C14H17N5. The van der Waals surface area contributed by atoms with Crippen LogP contribution in [-0.2, 0) is 0 Å². The molecule has 0 aliphatic carbocycles. The molecule has 0 amide bonds. The molecule has 1 aromatic carbocycles. The summed E-state index contributed by atoms with van der Waals surface area (Å²) >= 11 is 0. The highest BCUT2D eigenvalue weighted by Crippen LogP contribution is 2.27. The van der Waals surface area contributed by atoms with Crippen molar-refractivity contribution in [2.75, 3.05) is 24.5 Å². The van der Waals surface area contributed by atoms with Crippen molar-refractivity contribution in [1.82, 2.24) is 20.5 Å². The monoisotopic (exact) mass is 255 g/mol. The Morgan fingerprint density at radius 3 is 2.89 bits per heavy atom. The number of piperidine rings is 1. The van der Waals surface area contributed by atoms with E-state index in [-0.39, 0.29) is 0 Å². The standard InChI is InChI=1S/C14H17N5/c1-2-6-12-11(5-1)16-14(18-17-12)19-8-10-4-3-7-15-13(10)9-19/h1-2,5-6,10,13,15H,3-4,7-9H2/t10-,13+/m0/s1. The van der Waals surface area contributed by atoms with Crippen molar-refractivity contribution < 1.29 is 0 Å². The third-order valence-electron chi connectivity index (χ3n) is 4.23. The molecule has 3 heterocycles. The number of hydrogen-bond acceptors (Lipinski definition) is 5. The molecule has 98 valence electrons. The molecule has 1 aromatic heterocycles. The molecule has 0 bridgehead atoms. The molecule has 2 aliphatic rings. The van der Waals surface area contributed by atoms with Crippen LogP contribution in [0.1, 0.15) is 12.8 Å². The zero-order valence-corrected chi connectivity index (χ0v) is 10.8. The molecular weight excluding hydrogens is 238 g/mol. The Morgan fingerprint density at radius 1 is 1.11 bits per heavy atom. The maximum Gasteiger partial charge on any atom is 0.245 e. The van der Waals surface area contributed by atoms with Crippen molar-refractivity contribution in [2.24, 2.45) is 5.92 Å². The first kappa shape index (κ1) is 11.1. The SMILES string of the molecule is c1ccc2nc(N3C[C@@H]4CCCN[C@@H]4C3)nnc2c1. The fourth-order valence-corrected chi connectivity index (χ4v) is 3.22. The maximum absolute atomic E-state index is 4.64. The Kier molecular flexibility index (Phi) is 2.58. The Morgan fingerprint density at radius 2 is 2.00 bits per heavy atom. The van der Waals surface area contributed by atoms with Crippen molar-refractivity contribution in [1.29, 1.82) is 0 Å². The molecule has 0 radical (unpaired) electrons. The van der Waals surface area contributed by atoms with Crippen LogP contribution in [-0.4, -0.2) is 40.9 Å². The minimum absolute atomic E-state index is 0.601. The lowest BCUT2D eigenvalue weighted by atomic mass is 9.94. The number of fused-ring (bicyclic) bond motifs is 2. The van der Waals surface area contributed by atoms with Crippen molar-refractivity contribution in [3.05, 3.63) is 24.3 Å². The van der Waals surface area contributed by atoms with Crippen molar-refractivity contribution in [3.63, 3.8) is 0 Å². The first-order chi connectivity index (χ1) is 9.40. The van der Waals surface area contributed by atoms with E-state index in [2.05, 4.69) is 25.4 Å². The second-order valence-corrected chi connectivity index (χ2v) is 5.47. The topological polar surface area (TPSA) is 53.9 Å². The van der Waals surface area contributed by atoms with Crippen LogP contribution in [0.3, 0.4) is 0 Å². The molecule has 1 N–H and O–H groups in total. The lowest BCUT2D eigenvalue weighted by Gasteiger charge is -2.24. The van der Waals surface area contributed by atoms with E-state index in [4.69, 9.17) is 0 Å². The summed E-state index contributed by atoms with van der Waals surface area (Å²) in [5.41, 5.74) is 1.79. The smallest absolute Gasteiger partial charge is 0.245 e. The third kappa shape index (κ3) is 1.94. The summed E-state index contributed by atoms with van der Waals surface area (Å²) in [6.07, 6.45) is 2.60.